The standard InChI is InChI=1S/C13H7BrCl3FO/c14-7-5-4-6(12(18)11(7)17)13(19)10-8(15)2-1-3-9(10)16/h1-5,13,19H. The van der Waals surface area contributed by atoms with Crippen LogP contribution in [-0.2, 0) is 0 Å². The summed E-state index contributed by atoms with van der Waals surface area (Å²) >= 11 is 20.9. The Bertz CT molecular complexity index is 613. The zero-order valence-electron chi connectivity index (χ0n) is 9.30. The minimum Gasteiger partial charge on any atom is -0.383 e. The molecule has 0 aliphatic rings. The normalized spacial score (nSPS) is 12.5. The molecular weight excluding hydrogens is 377 g/mol. The highest BCUT2D eigenvalue weighted by molar-refractivity contribution is 9.10. The molecule has 0 bridgehead atoms. The predicted molar refractivity (Wildman–Crippen MR) is 79.6 cm³/mol. The van der Waals surface area contributed by atoms with E-state index < -0.39 is 11.9 Å². The number of hydrogen-bond acceptors (Lipinski definition) is 1. The minimum atomic E-state index is -1.29. The topological polar surface area (TPSA) is 20.2 Å². The number of aliphatic hydroxyl groups is 1. The van der Waals surface area contributed by atoms with Gasteiger partial charge in [-0.2, -0.15) is 0 Å². The third kappa shape index (κ3) is 2.91. The molecular formula is C13H7BrCl3FO. The van der Waals surface area contributed by atoms with Gasteiger partial charge in [0.1, 0.15) is 11.9 Å². The van der Waals surface area contributed by atoms with Gasteiger partial charge in [0.15, 0.2) is 0 Å². The van der Waals surface area contributed by atoms with Crippen LogP contribution < -0.4 is 0 Å². The van der Waals surface area contributed by atoms with E-state index in [1.807, 2.05) is 0 Å². The van der Waals surface area contributed by atoms with Gasteiger partial charge in [-0.25, -0.2) is 4.39 Å². The average Bonchev–Trinajstić information content (AvgIpc) is 2.35. The molecule has 2 aromatic carbocycles. The SMILES string of the molecule is OC(c1ccc(Br)c(Cl)c1F)c1c(Cl)cccc1Cl. The molecule has 0 aliphatic carbocycles. The molecule has 0 aromatic heterocycles. The highest BCUT2D eigenvalue weighted by atomic mass is 79.9. The van der Waals surface area contributed by atoms with Gasteiger partial charge in [-0.3, -0.25) is 0 Å². The number of aliphatic hydroxyl groups excluding tert-OH is 1. The molecule has 19 heavy (non-hydrogen) atoms. The van der Waals surface area contributed by atoms with Crippen molar-refractivity contribution in [1.29, 1.82) is 0 Å². The zero-order chi connectivity index (χ0) is 14.2. The molecule has 0 spiro atoms. The van der Waals surface area contributed by atoms with Crippen LogP contribution in [0.3, 0.4) is 0 Å². The average molecular weight is 384 g/mol. The Kier molecular flexibility index (Phi) is 4.75. The molecule has 2 rings (SSSR count). The number of rotatable bonds is 2. The summed E-state index contributed by atoms with van der Waals surface area (Å²) in [6.07, 6.45) is -1.29. The highest BCUT2D eigenvalue weighted by Gasteiger charge is 2.22. The van der Waals surface area contributed by atoms with Gasteiger partial charge in [-0.05, 0) is 34.1 Å². The van der Waals surface area contributed by atoms with E-state index in [0.29, 0.717) is 4.47 Å². The second-order valence-electron chi connectivity index (χ2n) is 3.80. The Labute approximate surface area is 133 Å². The summed E-state index contributed by atoms with van der Waals surface area (Å²) in [6, 6.07) is 7.77. The Morgan fingerprint density at radius 1 is 1.05 bits per heavy atom. The molecule has 1 atom stereocenters. The summed E-state index contributed by atoms with van der Waals surface area (Å²) in [5, 5.41) is 10.7. The van der Waals surface area contributed by atoms with Crippen LogP contribution in [-0.4, -0.2) is 5.11 Å². The van der Waals surface area contributed by atoms with Gasteiger partial charge in [0.05, 0.1) is 5.02 Å². The van der Waals surface area contributed by atoms with Crippen molar-refractivity contribution in [3.05, 3.63) is 66.8 Å². The molecule has 6 heteroatoms. The maximum absolute atomic E-state index is 14.1. The second kappa shape index (κ2) is 5.98. The predicted octanol–water partition coefficient (Wildman–Crippen LogP) is 5.63. The molecule has 0 saturated heterocycles. The molecule has 0 fully saturated rings. The maximum Gasteiger partial charge on any atom is 0.149 e. The maximum atomic E-state index is 14.1. The van der Waals surface area contributed by atoms with E-state index in [1.165, 1.54) is 6.07 Å². The molecule has 0 heterocycles. The second-order valence-corrected chi connectivity index (χ2v) is 5.85. The van der Waals surface area contributed by atoms with E-state index in [0.717, 1.165) is 0 Å². The molecule has 2 aromatic rings. The summed E-state index contributed by atoms with van der Waals surface area (Å²) < 4.78 is 14.5. The van der Waals surface area contributed by atoms with Gasteiger partial charge in [0.25, 0.3) is 0 Å². The zero-order valence-corrected chi connectivity index (χ0v) is 13.2. The van der Waals surface area contributed by atoms with E-state index in [1.54, 1.807) is 24.3 Å². The number of halogens is 5. The van der Waals surface area contributed by atoms with Crippen molar-refractivity contribution in [1.82, 2.24) is 0 Å². The lowest BCUT2D eigenvalue weighted by atomic mass is 10.0. The summed E-state index contributed by atoms with van der Waals surface area (Å²) in [5.74, 6) is -0.709. The van der Waals surface area contributed by atoms with Gasteiger partial charge in [-0.1, -0.05) is 46.9 Å². The third-order valence-corrected chi connectivity index (χ3v) is 4.55. The van der Waals surface area contributed by atoms with E-state index in [4.69, 9.17) is 34.8 Å². The lowest BCUT2D eigenvalue weighted by molar-refractivity contribution is 0.215. The van der Waals surface area contributed by atoms with E-state index in [-0.39, 0.29) is 26.2 Å². The minimum absolute atomic E-state index is 0.0169. The first-order valence-electron chi connectivity index (χ1n) is 5.19. The van der Waals surface area contributed by atoms with Crippen LogP contribution in [0, 0.1) is 5.82 Å². The van der Waals surface area contributed by atoms with Crippen LogP contribution in [0.2, 0.25) is 15.1 Å². The van der Waals surface area contributed by atoms with Crippen molar-refractivity contribution >= 4 is 50.7 Å². The van der Waals surface area contributed by atoms with Gasteiger partial charge in [-0.15, -0.1) is 0 Å². The fourth-order valence-corrected chi connectivity index (χ4v) is 2.76. The molecule has 1 unspecified atom stereocenters. The van der Waals surface area contributed by atoms with Crippen molar-refractivity contribution in [2.24, 2.45) is 0 Å². The quantitative estimate of drug-likeness (QED) is 0.666. The summed E-state index contributed by atoms with van der Waals surface area (Å²) in [6.45, 7) is 0. The largest absolute Gasteiger partial charge is 0.383 e. The Hall–Kier alpha value is -0.320. The molecule has 0 radical (unpaired) electrons. The van der Waals surface area contributed by atoms with Crippen LogP contribution in [0.1, 0.15) is 17.2 Å². The van der Waals surface area contributed by atoms with Gasteiger partial charge in [0.2, 0.25) is 0 Å². The fraction of sp³-hybridized carbons (Fsp3) is 0.0769. The fourth-order valence-electron chi connectivity index (χ4n) is 1.68. The van der Waals surface area contributed by atoms with Gasteiger partial charge in [0, 0.05) is 25.6 Å². The first-order chi connectivity index (χ1) is 8.93. The summed E-state index contributed by atoms with van der Waals surface area (Å²) in [4.78, 5) is 0. The monoisotopic (exact) mass is 382 g/mol. The van der Waals surface area contributed by atoms with Crippen molar-refractivity contribution in [2.75, 3.05) is 0 Å². The van der Waals surface area contributed by atoms with Crippen molar-refractivity contribution < 1.29 is 9.50 Å². The summed E-state index contributed by atoms with van der Waals surface area (Å²) in [7, 11) is 0. The van der Waals surface area contributed by atoms with Crippen molar-refractivity contribution in [2.45, 2.75) is 6.10 Å². The van der Waals surface area contributed by atoms with Crippen molar-refractivity contribution in [3.8, 4) is 0 Å². The Morgan fingerprint density at radius 2 is 1.63 bits per heavy atom. The highest BCUT2D eigenvalue weighted by Crippen LogP contribution is 2.37. The molecule has 1 nitrogen and oxygen atoms in total. The van der Waals surface area contributed by atoms with Crippen LogP contribution in [0.15, 0.2) is 34.8 Å². The van der Waals surface area contributed by atoms with Crippen LogP contribution in [0.5, 0.6) is 0 Å². The van der Waals surface area contributed by atoms with Crippen LogP contribution >= 0.6 is 50.7 Å². The van der Waals surface area contributed by atoms with E-state index in [2.05, 4.69) is 15.9 Å². The molecule has 0 amide bonds. The van der Waals surface area contributed by atoms with Gasteiger partial charge < -0.3 is 5.11 Å². The molecule has 1 N–H and O–H groups in total. The lowest BCUT2D eigenvalue weighted by Gasteiger charge is -2.16. The Balaban J connectivity index is 2.57. The lowest BCUT2D eigenvalue weighted by Crippen LogP contribution is -2.05. The number of hydrogen-bond donors (Lipinski definition) is 1. The van der Waals surface area contributed by atoms with Crippen LogP contribution in [0.25, 0.3) is 0 Å². The smallest absolute Gasteiger partial charge is 0.149 e. The summed E-state index contributed by atoms with van der Waals surface area (Å²) in [5.41, 5.74) is 0.270. The molecule has 100 valence electrons. The van der Waals surface area contributed by atoms with E-state index in [9.17, 15) is 9.50 Å². The van der Waals surface area contributed by atoms with Crippen LogP contribution in [0.4, 0.5) is 4.39 Å². The van der Waals surface area contributed by atoms with E-state index >= 15 is 0 Å². The molecule has 0 saturated carbocycles. The first kappa shape index (κ1) is 15.1. The Morgan fingerprint density at radius 3 is 2.21 bits per heavy atom. The molecule has 0 aliphatic heterocycles. The number of benzene rings is 2. The van der Waals surface area contributed by atoms with Gasteiger partial charge >= 0.3 is 0 Å². The van der Waals surface area contributed by atoms with Crippen molar-refractivity contribution in [3.63, 3.8) is 0 Å². The first-order valence-corrected chi connectivity index (χ1v) is 7.11. The third-order valence-electron chi connectivity index (χ3n) is 2.63.